The quantitative estimate of drug-likeness (QED) is 0.726. The molecule has 0 spiro atoms. The predicted octanol–water partition coefficient (Wildman–Crippen LogP) is 2.86. The number of aryl methyl sites for hydroxylation is 2. The van der Waals surface area contributed by atoms with Crippen LogP contribution in [0.4, 0.5) is 11.4 Å². The van der Waals surface area contributed by atoms with Crippen LogP contribution in [0.25, 0.3) is 10.9 Å². The van der Waals surface area contributed by atoms with Gasteiger partial charge in [0.2, 0.25) is 11.8 Å². The van der Waals surface area contributed by atoms with Crippen molar-refractivity contribution >= 4 is 34.1 Å². The van der Waals surface area contributed by atoms with Crippen molar-refractivity contribution in [3.63, 3.8) is 0 Å². The first kappa shape index (κ1) is 18.9. The Morgan fingerprint density at radius 2 is 1.93 bits per heavy atom. The SMILES string of the molecule is Cc1cccc2c(=O)n(CCC(=O)Nc3ccc(N4CCCC4=O)cc3)cnc12. The van der Waals surface area contributed by atoms with Crippen molar-refractivity contribution in [2.75, 3.05) is 16.8 Å². The molecule has 2 heterocycles. The van der Waals surface area contributed by atoms with E-state index in [1.54, 1.807) is 23.1 Å². The fourth-order valence-corrected chi connectivity index (χ4v) is 3.59. The van der Waals surface area contributed by atoms with E-state index in [-0.39, 0.29) is 30.3 Å². The molecular weight excluding hydrogens is 368 g/mol. The number of hydrogen-bond donors (Lipinski definition) is 1. The molecule has 29 heavy (non-hydrogen) atoms. The van der Waals surface area contributed by atoms with E-state index in [2.05, 4.69) is 10.3 Å². The maximum absolute atomic E-state index is 12.6. The number of aromatic nitrogens is 2. The molecule has 3 aromatic rings. The summed E-state index contributed by atoms with van der Waals surface area (Å²) >= 11 is 0. The number of nitrogens with one attached hydrogen (secondary N) is 1. The molecule has 4 rings (SSSR count). The van der Waals surface area contributed by atoms with Crippen LogP contribution >= 0.6 is 0 Å². The molecule has 148 valence electrons. The Kier molecular flexibility index (Phi) is 5.12. The van der Waals surface area contributed by atoms with Crippen molar-refractivity contribution in [3.8, 4) is 0 Å². The summed E-state index contributed by atoms with van der Waals surface area (Å²) in [6, 6.07) is 12.7. The number of amides is 2. The smallest absolute Gasteiger partial charge is 0.261 e. The Morgan fingerprint density at radius 1 is 1.14 bits per heavy atom. The third-order valence-corrected chi connectivity index (χ3v) is 5.17. The summed E-state index contributed by atoms with van der Waals surface area (Å²) in [4.78, 5) is 42.8. The van der Waals surface area contributed by atoms with Gasteiger partial charge in [-0.05, 0) is 49.2 Å². The molecule has 0 saturated carbocycles. The molecule has 0 unspecified atom stereocenters. The van der Waals surface area contributed by atoms with E-state index >= 15 is 0 Å². The van der Waals surface area contributed by atoms with Crippen LogP contribution in [0.15, 0.2) is 53.6 Å². The van der Waals surface area contributed by atoms with Gasteiger partial charge in [-0.2, -0.15) is 0 Å². The maximum atomic E-state index is 12.6. The lowest BCUT2D eigenvalue weighted by Crippen LogP contribution is -2.24. The molecule has 1 N–H and O–H groups in total. The van der Waals surface area contributed by atoms with Crippen molar-refractivity contribution in [3.05, 3.63) is 64.7 Å². The van der Waals surface area contributed by atoms with Crippen LogP contribution < -0.4 is 15.8 Å². The van der Waals surface area contributed by atoms with Crippen LogP contribution in [0, 0.1) is 6.92 Å². The van der Waals surface area contributed by atoms with Gasteiger partial charge in [0.1, 0.15) is 0 Å². The van der Waals surface area contributed by atoms with E-state index < -0.39 is 0 Å². The highest BCUT2D eigenvalue weighted by atomic mass is 16.2. The highest BCUT2D eigenvalue weighted by Crippen LogP contribution is 2.23. The monoisotopic (exact) mass is 390 g/mol. The number of fused-ring (bicyclic) bond motifs is 1. The Hall–Kier alpha value is -3.48. The lowest BCUT2D eigenvalue weighted by atomic mass is 10.1. The summed E-state index contributed by atoms with van der Waals surface area (Å²) in [5, 5.41) is 3.38. The van der Waals surface area contributed by atoms with Crippen LogP contribution in [-0.4, -0.2) is 27.9 Å². The molecule has 0 bridgehead atoms. The molecule has 2 aromatic carbocycles. The van der Waals surface area contributed by atoms with E-state index in [0.717, 1.165) is 24.2 Å². The summed E-state index contributed by atoms with van der Waals surface area (Å²) in [5.41, 5.74) is 2.99. The third kappa shape index (κ3) is 3.89. The Balaban J connectivity index is 1.39. The summed E-state index contributed by atoms with van der Waals surface area (Å²) < 4.78 is 1.46. The molecule has 2 amide bonds. The largest absolute Gasteiger partial charge is 0.326 e. The Bertz CT molecular complexity index is 1130. The average molecular weight is 390 g/mol. The van der Waals surface area contributed by atoms with Gasteiger partial charge >= 0.3 is 0 Å². The zero-order valence-corrected chi connectivity index (χ0v) is 16.2. The van der Waals surface area contributed by atoms with Crippen molar-refractivity contribution in [1.29, 1.82) is 0 Å². The lowest BCUT2D eigenvalue weighted by molar-refractivity contribution is -0.117. The molecule has 0 radical (unpaired) electrons. The predicted molar refractivity (Wildman–Crippen MR) is 112 cm³/mol. The summed E-state index contributed by atoms with van der Waals surface area (Å²) in [6.45, 7) is 2.90. The standard InChI is InChI=1S/C22H22N4O3/c1-15-4-2-5-18-21(15)23-14-25(22(18)29)13-11-19(27)24-16-7-9-17(10-8-16)26-12-3-6-20(26)28/h2,4-5,7-10,14H,3,6,11-13H2,1H3,(H,24,27). The van der Waals surface area contributed by atoms with Crippen molar-refractivity contribution in [2.24, 2.45) is 0 Å². The third-order valence-electron chi connectivity index (χ3n) is 5.17. The first-order valence-corrected chi connectivity index (χ1v) is 9.68. The number of para-hydroxylation sites is 1. The first-order valence-electron chi connectivity index (χ1n) is 9.68. The molecule has 1 saturated heterocycles. The second-order valence-corrected chi connectivity index (χ2v) is 7.21. The first-order chi connectivity index (χ1) is 14.0. The summed E-state index contributed by atoms with van der Waals surface area (Å²) in [6.07, 6.45) is 3.11. The number of anilines is 2. The molecule has 1 aliphatic rings. The number of rotatable bonds is 5. The molecule has 1 fully saturated rings. The van der Waals surface area contributed by atoms with E-state index in [0.29, 0.717) is 23.0 Å². The van der Waals surface area contributed by atoms with Crippen LogP contribution in [0.2, 0.25) is 0 Å². The number of carbonyl (C=O) groups excluding carboxylic acids is 2. The van der Waals surface area contributed by atoms with Gasteiger partial charge in [0, 0.05) is 37.3 Å². The fraction of sp³-hybridized carbons (Fsp3) is 0.273. The van der Waals surface area contributed by atoms with Crippen LogP contribution in [-0.2, 0) is 16.1 Å². The molecular formula is C22H22N4O3. The van der Waals surface area contributed by atoms with Gasteiger partial charge in [0.15, 0.2) is 0 Å². The van der Waals surface area contributed by atoms with E-state index in [9.17, 15) is 14.4 Å². The van der Waals surface area contributed by atoms with E-state index in [1.807, 2.05) is 31.2 Å². The van der Waals surface area contributed by atoms with Gasteiger partial charge < -0.3 is 10.2 Å². The Morgan fingerprint density at radius 3 is 2.66 bits per heavy atom. The molecule has 0 aliphatic carbocycles. The van der Waals surface area contributed by atoms with E-state index in [1.165, 1.54) is 10.9 Å². The normalized spacial score (nSPS) is 13.8. The van der Waals surface area contributed by atoms with Crippen LogP contribution in [0.1, 0.15) is 24.8 Å². The maximum Gasteiger partial charge on any atom is 0.261 e. The van der Waals surface area contributed by atoms with Crippen LogP contribution in [0.5, 0.6) is 0 Å². The van der Waals surface area contributed by atoms with Gasteiger partial charge in [-0.15, -0.1) is 0 Å². The van der Waals surface area contributed by atoms with Gasteiger partial charge in [-0.3, -0.25) is 19.0 Å². The van der Waals surface area contributed by atoms with Crippen molar-refractivity contribution < 1.29 is 9.59 Å². The number of benzene rings is 2. The highest BCUT2D eigenvalue weighted by molar-refractivity contribution is 5.96. The minimum absolute atomic E-state index is 0.131. The number of nitrogens with zero attached hydrogens (tertiary/aromatic N) is 3. The minimum atomic E-state index is -0.189. The van der Waals surface area contributed by atoms with Crippen molar-refractivity contribution in [1.82, 2.24) is 9.55 Å². The fourth-order valence-electron chi connectivity index (χ4n) is 3.59. The van der Waals surface area contributed by atoms with Gasteiger partial charge in [0.25, 0.3) is 5.56 Å². The number of carbonyl (C=O) groups is 2. The second-order valence-electron chi connectivity index (χ2n) is 7.21. The number of hydrogen-bond acceptors (Lipinski definition) is 4. The molecule has 0 atom stereocenters. The van der Waals surface area contributed by atoms with Gasteiger partial charge in [-0.1, -0.05) is 12.1 Å². The van der Waals surface area contributed by atoms with Crippen molar-refractivity contribution in [2.45, 2.75) is 32.7 Å². The highest BCUT2D eigenvalue weighted by Gasteiger charge is 2.21. The minimum Gasteiger partial charge on any atom is -0.326 e. The molecule has 1 aliphatic heterocycles. The summed E-state index contributed by atoms with van der Waals surface area (Å²) in [5.74, 6) is -0.0577. The van der Waals surface area contributed by atoms with Gasteiger partial charge in [0.05, 0.1) is 17.2 Å². The van der Waals surface area contributed by atoms with E-state index in [4.69, 9.17) is 0 Å². The lowest BCUT2D eigenvalue weighted by Gasteiger charge is -2.16. The van der Waals surface area contributed by atoms with Gasteiger partial charge in [-0.25, -0.2) is 4.98 Å². The zero-order chi connectivity index (χ0) is 20.4. The Labute approximate surface area is 168 Å². The average Bonchev–Trinajstić information content (AvgIpc) is 3.14. The molecule has 7 nitrogen and oxygen atoms in total. The second kappa shape index (κ2) is 7.87. The topological polar surface area (TPSA) is 84.3 Å². The molecule has 1 aromatic heterocycles. The van der Waals surface area contributed by atoms with Crippen LogP contribution in [0.3, 0.4) is 0 Å². The zero-order valence-electron chi connectivity index (χ0n) is 16.2. The summed E-state index contributed by atoms with van der Waals surface area (Å²) in [7, 11) is 0. The molecule has 7 heteroatoms.